The van der Waals surface area contributed by atoms with Crippen LogP contribution >= 0.6 is 11.6 Å². The minimum absolute atomic E-state index is 0.219. The van der Waals surface area contributed by atoms with Crippen molar-refractivity contribution in [2.45, 2.75) is 13.3 Å². The Hall–Kier alpha value is -1.07. The standard InChI is InChI=1S/C9H14ClN3O2/c1-2-3-14-4-5-15-9-7(10)8(11)12-6-13-9/h6H,2-5H2,1H3,(H2,11,12,13). The van der Waals surface area contributed by atoms with E-state index in [9.17, 15) is 0 Å². The van der Waals surface area contributed by atoms with Crippen LogP contribution in [0.15, 0.2) is 6.33 Å². The maximum Gasteiger partial charge on any atom is 0.238 e. The van der Waals surface area contributed by atoms with Gasteiger partial charge >= 0.3 is 0 Å². The van der Waals surface area contributed by atoms with Crippen molar-refractivity contribution >= 4 is 17.4 Å². The molecule has 5 nitrogen and oxygen atoms in total. The Morgan fingerprint density at radius 1 is 1.33 bits per heavy atom. The lowest BCUT2D eigenvalue weighted by atomic mass is 10.5. The maximum atomic E-state index is 5.82. The van der Waals surface area contributed by atoms with Gasteiger partial charge in [-0.1, -0.05) is 18.5 Å². The van der Waals surface area contributed by atoms with E-state index in [0.29, 0.717) is 19.1 Å². The van der Waals surface area contributed by atoms with Gasteiger partial charge in [-0.15, -0.1) is 0 Å². The van der Waals surface area contributed by atoms with Crippen LogP contribution in [-0.2, 0) is 4.74 Å². The second-order valence-corrected chi connectivity index (χ2v) is 3.22. The minimum atomic E-state index is 0.219. The molecule has 1 aromatic heterocycles. The molecule has 0 aliphatic heterocycles. The average molecular weight is 232 g/mol. The van der Waals surface area contributed by atoms with Gasteiger partial charge in [0.1, 0.15) is 23.8 Å². The Morgan fingerprint density at radius 3 is 2.87 bits per heavy atom. The zero-order chi connectivity index (χ0) is 11.1. The van der Waals surface area contributed by atoms with Crippen molar-refractivity contribution in [2.24, 2.45) is 0 Å². The summed E-state index contributed by atoms with van der Waals surface area (Å²) >= 11 is 5.82. The van der Waals surface area contributed by atoms with Crippen molar-refractivity contribution in [2.75, 3.05) is 25.6 Å². The normalized spacial score (nSPS) is 10.3. The molecule has 84 valence electrons. The number of anilines is 1. The molecule has 0 atom stereocenters. The van der Waals surface area contributed by atoms with Crippen molar-refractivity contribution in [3.8, 4) is 5.88 Å². The first kappa shape index (κ1) is 12.0. The van der Waals surface area contributed by atoms with Crippen molar-refractivity contribution in [3.05, 3.63) is 11.3 Å². The fraction of sp³-hybridized carbons (Fsp3) is 0.556. The molecular weight excluding hydrogens is 218 g/mol. The summed E-state index contributed by atoms with van der Waals surface area (Å²) in [5.74, 6) is 0.514. The number of aromatic nitrogens is 2. The van der Waals surface area contributed by atoms with Crippen molar-refractivity contribution in [3.63, 3.8) is 0 Å². The summed E-state index contributed by atoms with van der Waals surface area (Å²) in [5, 5.41) is 0.244. The molecule has 0 radical (unpaired) electrons. The zero-order valence-electron chi connectivity index (χ0n) is 8.57. The number of nitrogen functional groups attached to an aromatic ring is 1. The number of hydrogen-bond acceptors (Lipinski definition) is 5. The first-order valence-corrected chi connectivity index (χ1v) is 5.10. The van der Waals surface area contributed by atoms with Gasteiger partial charge in [0.2, 0.25) is 5.88 Å². The Balaban J connectivity index is 2.34. The van der Waals surface area contributed by atoms with Crippen molar-refractivity contribution in [1.29, 1.82) is 0 Å². The predicted octanol–water partition coefficient (Wildman–Crippen LogP) is 1.52. The van der Waals surface area contributed by atoms with Gasteiger partial charge < -0.3 is 15.2 Å². The highest BCUT2D eigenvalue weighted by molar-refractivity contribution is 6.33. The Morgan fingerprint density at radius 2 is 2.13 bits per heavy atom. The van der Waals surface area contributed by atoms with E-state index in [1.54, 1.807) is 0 Å². The van der Waals surface area contributed by atoms with Crippen LogP contribution in [0.2, 0.25) is 5.02 Å². The third-order valence-electron chi connectivity index (χ3n) is 1.60. The molecule has 0 aromatic carbocycles. The number of rotatable bonds is 6. The second-order valence-electron chi connectivity index (χ2n) is 2.84. The highest BCUT2D eigenvalue weighted by atomic mass is 35.5. The van der Waals surface area contributed by atoms with Crippen LogP contribution in [0, 0.1) is 0 Å². The van der Waals surface area contributed by atoms with Crippen molar-refractivity contribution in [1.82, 2.24) is 9.97 Å². The second kappa shape index (κ2) is 6.42. The molecular formula is C9H14ClN3O2. The van der Waals surface area contributed by atoms with Gasteiger partial charge in [0.25, 0.3) is 0 Å². The van der Waals surface area contributed by atoms with Gasteiger partial charge in [0, 0.05) is 6.61 Å². The number of nitrogens with two attached hydrogens (primary N) is 1. The first-order valence-electron chi connectivity index (χ1n) is 4.72. The summed E-state index contributed by atoms with van der Waals surface area (Å²) in [6, 6.07) is 0. The van der Waals surface area contributed by atoms with Gasteiger partial charge in [-0.05, 0) is 6.42 Å². The highest BCUT2D eigenvalue weighted by Crippen LogP contribution is 2.24. The SMILES string of the molecule is CCCOCCOc1ncnc(N)c1Cl. The van der Waals surface area contributed by atoms with Crippen molar-refractivity contribution < 1.29 is 9.47 Å². The predicted molar refractivity (Wildman–Crippen MR) is 58.1 cm³/mol. The first-order chi connectivity index (χ1) is 7.25. The molecule has 0 bridgehead atoms. The quantitative estimate of drug-likeness (QED) is 0.752. The summed E-state index contributed by atoms with van der Waals surface area (Å²) in [4.78, 5) is 7.58. The third-order valence-corrected chi connectivity index (χ3v) is 1.95. The molecule has 1 aromatic rings. The van der Waals surface area contributed by atoms with E-state index < -0.39 is 0 Å². The van der Waals surface area contributed by atoms with E-state index in [0.717, 1.165) is 13.0 Å². The lowest BCUT2D eigenvalue weighted by Crippen LogP contribution is -2.09. The fourth-order valence-corrected chi connectivity index (χ4v) is 1.06. The minimum Gasteiger partial charge on any atom is -0.474 e. The van der Waals surface area contributed by atoms with Crippen LogP contribution in [0.1, 0.15) is 13.3 Å². The molecule has 2 N–H and O–H groups in total. The molecule has 0 saturated carbocycles. The molecule has 1 heterocycles. The van der Waals surface area contributed by atoms with Gasteiger partial charge in [-0.25, -0.2) is 9.97 Å². The van der Waals surface area contributed by atoms with Crippen LogP contribution in [0.25, 0.3) is 0 Å². The summed E-state index contributed by atoms with van der Waals surface area (Å²) in [5.41, 5.74) is 5.48. The zero-order valence-corrected chi connectivity index (χ0v) is 9.33. The molecule has 0 aliphatic carbocycles. The van der Waals surface area contributed by atoms with Crippen LogP contribution in [0.5, 0.6) is 5.88 Å². The lowest BCUT2D eigenvalue weighted by molar-refractivity contribution is 0.0990. The molecule has 0 unspecified atom stereocenters. The largest absolute Gasteiger partial charge is 0.474 e. The van der Waals surface area contributed by atoms with Gasteiger partial charge in [-0.3, -0.25) is 0 Å². The number of nitrogens with zero attached hydrogens (tertiary/aromatic N) is 2. The molecule has 0 amide bonds. The summed E-state index contributed by atoms with van der Waals surface area (Å²) < 4.78 is 10.5. The van der Waals surface area contributed by atoms with Crippen LogP contribution in [0.4, 0.5) is 5.82 Å². The third kappa shape index (κ3) is 3.89. The Bertz CT molecular complexity index is 309. The number of halogens is 1. The topological polar surface area (TPSA) is 70.3 Å². The number of hydrogen-bond donors (Lipinski definition) is 1. The van der Waals surface area contributed by atoms with Gasteiger partial charge in [0.15, 0.2) is 0 Å². The molecule has 6 heteroatoms. The monoisotopic (exact) mass is 231 g/mol. The molecule has 0 saturated heterocycles. The molecule has 1 rings (SSSR count). The van der Waals surface area contributed by atoms with Crippen LogP contribution < -0.4 is 10.5 Å². The van der Waals surface area contributed by atoms with E-state index in [-0.39, 0.29) is 10.8 Å². The maximum absolute atomic E-state index is 5.82. The van der Waals surface area contributed by atoms with E-state index in [2.05, 4.69) is 9.97 Å². The van der Waals surface area contributed by atoms with Crippen LogP contribution in [-0.4, -0.2) is 29.8 Å². The summed E-state index contributed by atoms with van der Waals surface area (Å²) in [6.07, 6.45) is 2.30. The number of ether oxygens (including phenoxy) is 2. The molecule has 0 aliphatic rings. The molecule has 0 fully saturated rings. The highest BCUT2D eigenvalue weighted by Gasteiger charge is 2.06. The average Bonchev–Trinajstić information content (AvgIpc) is 2.24. The summed E-state index contributed by atoms with van der Waals surface area (Å²) in [6.45, 7) is 3.68. The van der Waals surface area contributed by atoms with E-state index in [1.807, 2.05) is 6.92 Å². The summed E-state index contributed by atoms with van der Waals surface area (Å²) in [7, 11) is 0. The smallest absolute Gasteiger partial charge is 0.238 e. The van der Waals surface area contributed by atoms with Crippen LogP contribution in [0.3, 0.4) is 0 Å². The Labute approximate surface area is 93.6 Å². The fourth-order valence-electron chi connectivity index (χ4n) is 0.911. The van der Waals surface area contributed by atoms with E-state index in [4.69, 9.17) is 26.8 Å². The molecule has 15 heavy (non-hydrogen) atoms. The van der Waals surface area contributed by atoms with Gasteiger partial charge in [0.05, 0.1) is 6.61 Å². The van der Waals surface area contributed by atoms with Gasteiger partial charge in [-0.2, -0.15) is 0 Å². The molecule has 0 spiro atoms. The van der Waals surface area contributed by atoms with E-state index >= 15 is 0 Å². The lowest BCUT2D eigenvalue weighted by Gasteiger charge is -2.07. The van der Waals surface area contributed by atoms with E-state index in [1.165, 1.54) is 6.33 Å². The Kier molecular flexibility index (Phi) is 5.14.